The van der Waals surface area contributed by atoms with Gasteiger partial charge in [0.25, 0.3) is 0 Å². The van der Waals surface area contributed by atoms with Crippen molar-refractivity contribution in [2.24, 2.45) is 5.92 Å². The smallest absolute Gasteiger partial charge is 0.335 e. The Labute approximate surface area is 96.2 Å². The van der Waals surface area contributed by atoms with Crippen LogP contribution in [0, 0.1) is 5.92 Å². The molecular formula is C12H20O4. The third kappa shape index (κ3) is 2.09. The monoisotopic (exact) mass is 228 g/mol. The molecule has 0 aromatic carbocycles. The molecule has 0 bridgehead atoms. The van der Waals surface area contributed by atoms with Crippen molar-refractivity contribution in [2.45, 2.75) is 51.4 Å². The maximum atomic E-state index is 11.5. The van der Waals surface area contributed by atoms with Gasteiger partial charge >= 0.3 is 5.97 Å². The Morgan fingerprint density at radius 1 is 1.56 bits per heavy atom. The first-order valence-electron chi connectivity index (χ1n) is 6.16. The van der Waals surface area contributed by atoms with Crippen molar-refractivity contribution in [2.75, 3.05) is 13.2 Å². The highest BCUT2D eigenvalue weighted by atomic mass is 16.7. The van der Waals surface area contributed by atoms with Crippen LogP contribution < -0.4 is 0 Å². The minimum absolute atomic E-state index is 0.293. The summed E-state index contributed by atoms with van der Waals surface area (Å²) in [5, 5.41) is 0. The van der Waals surface area contributed by atoms with E-state index in [9.17, 15) is 4.79 Å². The maximum Gasteiger partial charge on any atom is 0.335 e. The Morgan fingerprint density at radius 2 is 2.38 bits per heavy atom. The minimum Gasteiger partial charge on any atom is -0.464 e. The van der Waals surface area contributed by atoms with Crippen molar-refractivity contribution in [3.63, 3.8) is 0 Å². The molecule has 1 aliphatic carbocycles. The van der Waals surface area contributed by atoms with E-state index in [-0.39, 0.29) is 5.97 Å². The van der Waals surface area contributed by atoms with E-state index >= 15 is 0 Å². The van der Waals surface area contributed by atoms with E-state index < -0.39 is 11.9 Å². The zero-order valence-electron chi connectivity index (χ0n) is 10.0. The first-order valence-corrected chi connectivity index (χ1v) is 6.16. The Kier molecular flexibility index (Phi) is 3.50. The minimum atomic E-state index is -0.529. The second-order valence-electron chi connectivity index (χ2n) is 4.55. The van der Waals surface area contributed by atoms with Gasteiger partial charge in [0.1, 0.15) is 0 Å². The van der Waals surface area contributed by atoms with Crippen molar-refractivity contribution in [3.05, 3.63) is 0 Å². The fourth-order valence-electron chi connectivity index (χ4n) is 2.74. The highest BCUT2D eigenvalue weighted by Gasteiger charge is 2.50. The largest absolute Gasteiger partial charge is 0.464 e. The molecule has 1 saturated carbocycles. The van der Waals surface area contributed by atoms with Crippen LogP contribution in [0.25, 0.3) is 0 Å². The number of fused-ring (bicyclic) bond motifs is 1. The SMILES string of the molecule is CCOC(=O)[C@@H](C)O[C@]12CCC[C@@H]1CCO2. The zero-order valence-corrected chi connectivity index (χ0v) is 10.0. The van der Waals surface area contributed by atoms with E-state index in [2.05, 4.69) is 0 Å². The molecule has 4 heteroatoms. The lowest BCUT2D eigenvalue weighted by Crippen LogP contribution is -2.40. The number of ether oxygens (including phenoxy) is 3. The van der Waals surface area contributed by atoms with Gasteiger partial charge in [-0.15, -0.1) is 0 Å². The standard InChI is InChI=1S/C12H20O4/c1-3-14-11(13)9(2)16-12-7-4-5-10(12)6-8-15-12/h9-10H,3-8H2,1-2H3/t9-,10-,12-/m1/s1. The highest BCUT2D eigenvalue weighted by Crippen LogP contribution is 2.46. The topological polar surface area (TPSA) is 44.8 Å². The fourth-order valence-corrected chi connectivity index (χ4v) is 2.74. The molecule has 2 aliphatic rings. The van der Waals surface area contributed by atoms with Crippen molar-refractivity contribution in [3.8, 4) is 0 Å². The molecule has 0 aromatic rings. The third-order valence-electron chi connectivity index (χ3n) is 3.51. The molecule has 0 spiro atoms. The van der Waals surface area contributed by atoms with Crippen LogP contribution in [0.15, 0.2) is 0 Å². The molecule has 0 aromatic heterocycles. The van der Waals surface area contributed by atoms with Crippen molar-refractivity contribution in [1.82, 2.24) is 0 Å². The molecule has 2 fully saturated rings. The van der Waals surface area contributed by atoms with Crippen molar-refractivity contribution >= 4 is 5.97 Å². The lowest BCUT2D eigenvalue weighted by molar-refractivity contribution is -0.245. The summed E-state index contributed by atoms with van der Waals surface area (Å²) in [6.07, 6.45) is 3.70. The molecule has 1 saturated heterocycles. The van der Waals surface area contributed by atoms with Crippen molar-refractivity contribution in [1.29, 1.82) is 0 Å². The van der Waals surface area contributed by atoms with Crippen LogP contribution in [0.2, 0.25) is 0 Å². The number of carbonyl (C=O) groups excluding carboxylic acids is 1. The summed E-state index contributed by atoms with van der Waals surface area (Å²) < 4.78 is 16.5. The first kappa shape index (κ1) is 11.9. The summed E-state index contributed by atoms with van der Waals surface area (Å²) in [6, 6.07) is 0. The second kappa shape index (κ2) is 4.72. The van der Waals surface area contributed by atoms with Crippen LogP contribution in [0.4, 0.5) is 0 Å². The van der Waals surface area contributed by atoms with Gasteiger partial charge in [0, 0.05) is 12.3 Å². The summed E-state index contributed by atoms with van der Waals surface area (Å²) in [5.41, 5.74) is 0. The van der Waals surface area contributed by atoms with Crippen LogP contribution in [0.3, 0.4) is 0 Å². The summed E-state index contributed by atoms with van der Waals surface area (Å²) in [4.78, 5) is 11.5. The van der Waals surface area contributed by atoms with Gasteiger partial charge in [-0.1, -0.05) is 0 Å². The molecular weight excluding hydrogens is 208 g/mol. The third-order valence-corrected chi connectivity index (χ3v) is 3.51. The van der Waals surface area contributed by atoms with Gasteiger partial charge in [0.05, 0.1) is 13.2 Å². The van der Waals surface area contributed by atoms with Crippen molar-refractivity contribution < 1.29 is 19.0 Å². The van der Waals surface area contributed by atoms with E-state index in [0.29, 0.717) is 12.5 Å². The maximum absolute atomic E-state index is 11.5. The Balaban J connectivity index is 1.95. The van der Waals surface area contributed by atoms with Gasteiger partial charge < -0.3 is 14.2 Å². The first-order chi connectivity index (χ1) is 7.68. The zero-order chi connectivity index (χ0) is 11.6. The number of rotatable bonds is 4. The normalized spacial score (nSPS) is 34.8. The lowest BCUT2D eigenvalue weighted by Gasteiger charge is -2.31. The molecule has 4 nitrogen and oxygen atoms in total. The molecule has 0 amide bonds. The van der Waals surface area contributed by atoms with Crippen LogP contribution in [0.1, 0.15) is 39.5 Å². The van der Waals surface area contributed by atoms with Crippen LogP contribution in [0.5, 0.6) is 0 Å². The van der Waals surface area contributed by atoms with Gasteiger partial charge in [0.2, 0.25) is 0 Å². The fraction of sp³-hybridized carbons (Fsp3) is 0.917. The number of hydrogen-bond donors (Lipinski definition) is 0. The molecule has 3 atom stereocenters. The van der Waals surface area contributed by atoms with Crippen LogP contribution in [-0.4, -0.2) is 31.1 Å². The Hall–Kier alpha value is -0.610. The summed E-state index contributed by atoms with van der Waals surface area (Å²) >= 11 is 0. The van der Waals surface area contributed by atoms with E-state index in [1.54, 1.807) is 13.8 Å². The highest BCUT2D eigenvalue weighted by molar-refractivity contribution is 5.74. The van der Waals surface area contributed by atoms with Gasteiger partial charge in [-0.25, -0.2) is 4.79 Å². The molecule has 92 valence electrons. The quantitative estimate of drug-likeness (QED) is 0.689. The van der Waals surface area contributed by atoms with E-state index in [1.807, 2.05) is 0 Å². The second-order valence-corrected chi connectivity index (χ2v) is 4.55. The Bertz CT molecular complexity index is 254. The average molecular weight is 228 g/mol. The predicted molar refractivity (Wildman–Crippen MR) is 57.8 cm³/mol. The molecule has 1 heterocycles. The molecule has 0 radical (unpaired) electrons. The molecule has 1 aliphatic heterocycles. The average Bonchev–Trinajstić information content (AvgIpc) is 2.76. The van der Waals surface area contributed by atoms with Crippen LogP contribution in [-0.2, 0) is 19.0 Å². The Morgan fingerprint density at radius 3 is 3.12 bits per heavy atom. The van der Waals surface area contributed by atoms with Gasteiger partial charge in [-0.05, 0) is 33.1 Å². The molecule has 0 N–H and O–H groups in total. The van der Waals surface area contributed by atoms with Crippen LogP contribution >= 0.6 is 0 Å². The van der Waals surface area contributed by atoms with E-state index in [4.69, 9.17) is 14.2 Å². The molecule has 2 rings (SSSR count). The summed E-state index contributed by atoms with van der Waals surface area (Å²) in [7, 11) is 0. The summed E-state index contributed by atoms with van der Waals surface area (Å²) in [6.45, 7) is 4.68. The molecule has 16 heavy (non-hydrogen) atoms. The summed E-state index contributed by atoms with van der Waals surface area (Å²) in [5.74, 6) is -0.325. The number of esters is 1. The van der Waals surface area contributed by atoms with Gasteiger partial charge in [-0.3, -0.25) is 0 Å². The van der Waals surface area contributed by atoms with Gasteiger partial charge in [0.15, 0.2) is 11.9 Å². The van der Waals surface area contributed by atoms with Gasteiger partial charge in [-0.2, -0.15) is 0 Å². The number of carbonyl (C=O) groups is 1. The lowest BCUT2D eigenvalue weighted by atomic mass is 10.0. The number of hydrogen-bond acceptors (Lipinski definition) is 4. The predicted octanol–water partition coefficient (Wildman–Crippen LogP) is 1.87. The van der Waals surface area contributed by atoms with E-state index in [0.717, 1.165) is 32.3 Å². The van der Waals surface area contributed by atoms with E-state index in [1.165, 1.54) is 0 Å². The molecule has 0 unspecified atom stereocenters.